The summed E-state index contributed by atoms with van der Waals surface area (Å²) < 4.78 is 54.5. The third kappa shape index (κ3) is 6.68. The molecular formula is C21H34N6O5S3. The number of thiophene rings is 1. The summed E-state index contributed by atoms with van der Waals surface area (Å²) in [6.07, 6.45) is 4.21. The monoisotopic (exact) mass is 546 g/mol. The van der Waals surface area contributed by atoms with E-state index < -0.39 is 31.7 Å². The minimum absolute atomic E-state index is 0.0564. The molecule has 3 N–H and O–H groups in total. The second kappa shape index (κ2) is 10.3. The molecule has 35 heavy (non-hydrogen) atoms. The predicted molar refractivity (Wildman–Crippen MR) is 137 cm³/mol. The summed E-state index contributed by atoms with van der Waals surface area (Å²) in [5.74, 6) is 0.427. The van der Waals surface area contributed by atoms with Crippen molar-refractivity contribution >= 4 is 42.3 Å². The van der Waals surface area contributed by atoms with Crippen LogP contribution in [-0.2, 0) is 25.6 Å². The van der Waals surface area contributed by atoms with E-state index in [-0.39, 0.29) is 36.3 Å². The van der Waals surface area contributed by atoms with E-state index >= 15 is 0 Å². The minimum atomic E-state index is -3.80. The summed E-state index contributed by atoms with van der Waals surface area (Å²) >= 11 is 0.997. The maximum absolute atomic E-state index is 13.3. The van der Waals surface area contributed by atoms with Crippen molar-refractivity contribution in [2.24, 2.45) is 5.92 Å². The number of nitrogen functional groups attached to an aromatic ring is 1. The standard InChI is InChI=1S/C21H34N6O5S3/c1-15(2)12-26(34(5,29)30)14-17-13-25(35(31,32)19-7-6-18(22)33-19)8-9-27(17)20-23-10-16(11-24-20)21(3,4)28/h6-7,10-11,15,17,28H,8-9,12-14,22H2,1-5H3/t17-/m1/s1. The molecule has 1 saturated heterocycles. The fourth-order valence-corrected chi connectivity index (χ4v) is 7.57. The first-order chi connectivity index (χ1) is 16.1. The van der Waals surface area contributed by atoms with Gasteiger partial charge in [0, 0.05) is 50.7 Å². The molecule has 1 atom stereocenters. The number of nitrogens with zero attached hydrogens (tertiary/aromatic N) is 5. The number of hydrogen-bond acceptors (Lipinski definition) is 10. The average molecular weight is 547 g/mol. The molecule has 0 spiro atoms. The number of anilines is 2. The molecule has 0 amide bonds. The van der Waals surface area contributed by atoms with Gasteiger partial charge >= 0.3 is 0 Å². The van der Waals surface area contributed by atoms with Crippen LogP contribution < -0.4 is 10.6 Å². The van der Waals surface area contributed by atoms with Crippen LogP contribution in [0, 0.1) is 5.92 Å². The van der Waals surface area contributed by atoms with Crippen LogP contribution in [0.4, 0.5) is 10.9 Å². The summed E-state index contributed by atoms with van der Waals surface area (Å²) in [4.78, 5) is 10.6. The Balaban J connectivity index is 1.95. The van der Waals surface area contributed by atoms with Gasteiger partial charge in [-0.3, -0.25) is 0 Å². The van der Waals surface area contributed by atoms with Gasteiger partial charge in [0.2, 0.25) is 16.0 Å². The summed E-state index contributed by atoms with van der Waals surface area (Å²) in [6.45, 7) is 7.99. The Hall–Kier alpha value is -1.84. The van der Waals surface area contributed by atoms with Crippen molar-refractivity contribution in [3.63, 3.8) is 0 Å². The Morgan fingerprint density at radius 3 is 2.31 bits per heavy atom. The first kappa shape index (κ1) is 27.7. The molecule has 1 fully saturated rings. The van der Waals surface area contributed by atoms with Gasteiger partial charge in [0.25, 0.3) is 10.0 Å². The molecule has 11 nitrogen and oxygen atoms in total. The van der Waals surface area contributed by atoms with Gasteiger partial charge < -0.3 is 15.7 Å². The molecule has 3 rings (SSSR count). The molecule has 1 aliphatic heterocycles. The van der Waals surface area contributed by atoms with Crippen molar-refractivity contribution in [2.45, 2.75) is 43.5 Å². The molecule has 3 heterocycles. The van der Waals surface area contributed by atoms with Crippen LogP contribution >= 0.6 is 11.3 Å². The van der Waals surface area contributed by atoms with Gasteiger partial charge in [0.1, 0.15) is 4.21 Å². The van der Waals surface area contributed by atoms with E-state index in [1.165, 1.54) is 27.1 Å². The maximum Gasteiger partial charge on any atom is 0.252 e. The van der Waals surface area contributed by atoms with Gasteiger partial charge in [0.05, 0.1) is 22.9 Å². The molecule has 196 valence electrons. The molecule has 0 saturated carbocycles. The highest BCUT2D eigenvalue weighted by Crippen LogP contribution is 2.29. The quantitative estimate of drug-likeness (QED) is 0.472. The largest absolute Gasteiger partial charge is 0.391 e. The van der Waals surface area contributed by atoms with E-state index in [0.29, 0.717) is 23.1 Å². The van der Waals surface area contributed by atoms with Crippen LogP contribution in [0.3, 0.4) is 0 Å². The molecule has 2 aromatic rings. The van der Waals surface area contributed by atoms with Crippen LogP contribution in [0.2, 0.25) is 0 Å². The third-order valence-corrected chi connectivity index (χ3v) is 10.2. The Bertz CT molecular complexity index is 1220. The Morgan fingerprint density at radius 2 is 1.83 bits per heavy atom. The fourth-order valence-electron chi connectivity index (χ4n) is 3.84. The van der Waals surface area contributed by atoms with Gasteiger partial charge in [-0.2, -0.15) is 8.61 Å². The van der Waals surface area contributed by atoms with Crippen molar-refractivity contribution in [2.75, 3.05) is 49.6 Å². The van der Waals surface area contributed by atoms with Crippen molar-refractivity contribution in [1.29, 1.82) is 0 Å². The average Bonchev–Trinajstić information content (AvgIpc) is 3.19. The maximum atomic E-state index is 13.3. The smallest absolute Gasteiger partial charge is 0.252 e. The molecule has 1 aliphatic rings. The lowest BCUT2D eigenvalue weighted by atomic mass is 10.0. The van der Waals surface area contributed by atoms with Gasteiger partial charge in [-0.1, -0.05) is 13.8 Å². The predicted octanol–water partition coefficient (Wildman–Crippen LogP) is 1.14. The van der Waals surface area contributed by atoms with Crippen LogP contribution in [0.25, 0.3) is 0 Å². The topological polar surface area (TPSA) is 150 Å². The third-order valence-electron chi connectivity index (χ3n) is 5.70. The van der Waals surface area contributed by atoms with Crippen molar-refractivity contribution in [3.05, 3.63) is 30.1 Å². The number of aromatic nitrogens is 2. The zero-order chi connectivity index (χ0) is 26.2. The first-order valence-corrected chi connectivity index (χ1v) is 15.3. The normalized spacial score (nSPS) is 18.5. The summed E-state index contributed by atoms with van der Waals surface area (Å²) in [7, 11) is -7.34. The highest BCUT2D eigenvalue weighted by atomic mass is 32.2. The molecule has 0 bridgehead atoms. The Labute approximate surface area is 211 Å². The number of hydrogen-bond donors (Lipinski definition) is 2. The summed E-state index contributed by atoms with van der Waals surface area (Å²) in [6, 6.07) is 2.51. The van der Waals surface area contributed by atoms with E-state index in [2.05, 4.69) is 9.97 Å². The van der Waals surface area contributed by atoms with E-state index in [9.17, 15) is 21.9 Å². The first-order valence-electron chi connectivity index (χ1n) is 11.2. The van der Waals surface area contributed by atoms with Gasteiger partial charge in [-0.05, 0) is 31.9 Å². The fraction of sp³-hybridized carbons (Fsp3) is 0.619. The Morgan fingerprint density at radius 1 is 1.20 bits per heavy atom. The van der Waals surface area contributed by atoms with Crippen LogP contribution in [-0.4, -0.2) is 85.5 Å². The van der Waals surface area contributed by atoms with E-state index in [1.807, 2.05) is 18.7 Å². The van der Waals surface area contributed by atoms with Crippen LogP contribution in [0.15, 0.2) is 28.7 Å². The zero-order valence-corrected chi connectivity index (χ0v) is 23.1. The Kier molecular flexibility index (Phi) is 8.13. The molecule has 0 aromatic carbocycles. The number of aliphatic hydroxyl groups is 1. The number of nitrogens with two attached hydrogens (primary N) is 1. The van der Waals surface area contributed by atoms with E-state index in [0.717, 1.165) is 17.6 Å². The number of piperazine rings is 1. The lowest BCUT2D eigenvalue weighted by molar-refractivity contribution is 0.0778. The number of sulfonamides is 2. The second-order valence-corrected chi connectivity index (χ2v) is 14.9. The molecule has 0 radical (unpaired) electrons. The van der Waals surface area contributed by atoms with Gasteiger partial charge in [-0.15, -0.1) is 11.3 Å². The lowest BCUT2D eigenvalue weighted by Gasteiger charge is -2.42. The SMILES string of the molecule is CC(C)CN(C[C@H]1CN(S(=O)(=O)c2ccc(N)s2)CCN1c1ncc(C(C)(C)O)cn1)S(C)(=O)=O. The van der Waals surface area contributed by atoms with E-state index in [4.69, 9.17) is 5.73 Å². The van der Waals surface area contributed by atoms with Gasteiger partial charge in [0.15, 0.2) is 0 Å². The van der Waals surface area contributed by atoms with Crippen LogP contribution in [0.1, 0.15) is 33.3 Å². The van der Waals surface area contributed by atoms with Crippen molar-refractivity contribution < 1.29 is 21.9 Å². The van der Waals surface area contributed by atoms with Crippen molar-refractivity contribution in [1.82, 2.24) is 18.6 Å². The summed E-state index contributed by atoms with van der Waals surface area (Å²) in [5.41, 5.74) is 5.17. The lowest BCUT2D eigenvalue weighted by Crippen LogP contribution is -2.59. The molecular weight excluding hydrogens is 512 g/mol. The molecule has 2 aromatic heterocycles. The van der Waals surface area contributed by atoms with Crippen molar-refractivity contribution in [3.8, 4) is 0 Å². The molecule has 0 aliphatic carbocycles. The summed E-state index contributed by atoms with van der Waals surface area (Å²) in [5, 5.41) is 10.6. The minimum Gasteiger partial charge on any atom is -0.391 e. The second-order valence-electron chi connectivity index (χ2n) is 9.67. The molecule has 0 unspecified atom stereocenters. The highest BCUT2D eigenvalue weighted by molar-refractivity contribution is 7.91. The zero-order valence-electron chi connectivity index (χ0n) is 20.6. The molecule has 14 heteroatoms. The van der Waals surface area contributed by atoms with E-state index in [1.54, 1.807) is 19.9 Å². The van der Waals surface area contributed by atoms with Crippen LogP contribution in [0.5, 0.6) is 0 Å². The number of rotatable bonds is 9. The highest BCUT2D eigenvalue weighted by Gasteiger charge is 2.38. The van der Waals surface area contributed by atoms with Gasteiger partial charge in [-0.25, -0.2) is 26.8 Å².